The van der Waals surface area contributed by atoms with Crippen molar-refractivity contribution in [3.63, 3.8) is 0 Å². The van der Waals surface area contributed by atoms with Gasteiger partial charge in [0.05, 0.1) is 25.8 Å². The first-order valence-electron chi connectivity index (χ1n) is 6.11. The highest BCUT2D eigenvalue weighted by molar-refractivity contribution is 5.19. The molecule has 0 unspecified atom stereocenters. The second kappa shape index (κ2) is 6.79. The van der Waals surface area contributed by atoms with Crippen LogP contribution in [0.4, 0.5) is 0 Å². The molecular weight excluding hydrogens is 216 g/mol. The molecule has 1 rings (SSSR count). The standard InChI is InChI=1S/C13H24N2O2/c1-10(2)16-6-5-15(4)9-12-7-11(3)13(8-14)17-12/h7,10H,5-6,8-9,14H2,1-4H3. The van der Waals surface area contributed by atoms with Crippen molar-refractivity contribution < 1.29 is 9.15 Å². The second-order valence-corrected chi connectivity index (χ2v) is 4.68. The molecule has 4 nitrogen and oxygen atoms in total. The third-order valence-corrected chi connectivity index (χ3v) is 2.61. The van der Waals surface area contributed by atoms with Gasteiger partial charge in [0.25, 0.3) is 0 Å². The molecule has 0 fully saturated rings. The van der Waals surface area contributed by atoms with Gasteiger partial charge in [-0.05, 0) is 39.4 Å². The fourth-order valence-corrected chi connectivity index (χ4v) is 1.66. The SMILES string of the molecule is Cc1cc(CN(C)CCOC(C)C)oc1CN. The van der Waals surface area contributed by atoms with Gasteiger partial charge in [-0.25, -0.2) is 0 Å². The minimum absolute atomic E-state index is 0.290. The zero-order chi connectivity index (χ0) is 12.8. The fraction of sp³-hybridized carbons (Fsp3) is 0.692. The lowest BCUT2D eigenvalue weighted by Gasteiger charge is -2.16. The number of hydrogen-bond donors (Lipinski definition) is 1. The van der Waals surface area contributed by atoms with Crippen LogP contribution in [0.15, 0.2) is 10.5 Å². The highest BCUT2D eigenvalue weighted by Gasteiger charge is 2.08. The van der Waals surface area contributed by atoms with Crippen molar-refractivity contribution in [2.45, 2.75) is 40.0 Å². The lowest BCUT2D eigenvalue weighted by molar-refractivity contribution is 0.0616. The van der Waals surface area contributed by atoms with Gasteiger partial charge < -0.3 is 14.9 Å². The highest BCUT2D eigenvalue weighted by Crippen LogP contribution is 2.15. The minimum Gasteiger partial charge on any atom is -0.463 e. The summed E-state index contributed by atoms with van der Waals surface area (Å²) in [4.78, 5) is 2.18. The molecule has 2 N–H and O–H groups in total. The first-order valence-corrected chi connectivity index (χ1v) is 6.11. The number of ether oxygens (including phenoxy) is 1. The summed E-state index contributed by atoms with van der Waals surface area (Å²) in [6, 6.07) is 2.06. The van der Waals surface area contributed by atoms with E-state index < -0.39 is 0 Å². The van der Waals surface area contributed by atoms with Gasteiger partial charge in [0.15, 0.2) is 0 Å². The molecule has 0 bridgehead atoms. The molecule has 0 aliphatic carbocycles. The van der Waals surface area contributed by atoms with E-state index in [1.165, 1.54) is 0 Å². The van der Waals surface area contributed by atoms with Gasteiger partial charge >= 0.3 is 0 Å². The molecule has 0 spiro atoms. The summed E-state index contributed by atoms with van der Waals surface area (Å²) in [5.41, 5.74) is 6.71. The monoisotopic (exact) mass is 240 g/mol. The van der Waals surface area contributed by atoms with Crippen LogP contribution in [0.3, 0.4) is 0 Å². The van der Waals surface area contributed by atoms with Crippen molar-refractivity contribution in [3.05, 3.63) is 23.2 Å². The Hall–Kier alpha value is -0.840. The van der Waals surface area contributed by atoms with Gasteiger partial charge in [-0.2, -0.15) is 0 Å². The molecule has 0 amide bonds. The molecule has 0 aliphatic heterocycles. The first kappa shape index (κ1) is 14.2. The smallest absolute Gasteiger partial charge is 0.120 e. The predicted molar refractivity (Wildman–Crippen MR) is 68.8 cm³/mol. The Balaban J connectivity index is 2.36. The van der Waals surface area contributed by atoms with Crippen LogP contribution in [0.5, 0.6) is 0 Å². The Morgan fingerprint density at radius 1 is 1.47 bits per heavy atom. The molecule has 0 aliphatic rings. The third-order valence-electron chi connectivity index (χ3n) is 2.61. The second-order valence-electron chi connectivity index (χ2n) is 4.68. The van der Waals surface area contributed by atoms with Crippen LogP contribution in [-0.2, 0) is 17.8 Å². The topological polar surface area (TPSA) is 51.6 Å². The number of aryl methyl sites for hydroxylation is 1. The fourth-order valence-electron chi connectivity index (χ4n) is 1.66. The minimum atomic E-state index is 0.290. The number of nitrogens with two attached hydrogens (primary N) is 1. The average Bonchev–Trinajstić information content (AvgIpc) is 2.58. The quantitative estimate of drug-likeness (QED) is 0.791. The summed E-state index contributed by atoms with van der Waals surface area (Å²) < 4.78 is 11.2. The van der Waals surface area contributed by atoms with Crippen molar-refractivity contribution in [1.82, 2.24) is 4.90 Å². The van der Waals surface area contributed by atoms with Gasteiger partial charge in [-0.3, -0.25) is 4.90 Å². The van der Waals surface area contributed by atoms with Crippen LogP contribution in [0, 0.1) is 6.92 Å². The molecule has 98 valence electrons. The maximum atomic E-state index is 5.65. The van der Waals surface area contributed by atoms with Crippen LogP contribution in [0.1, 0.15) is 30.9 Å². The molecule has 0 saturated heterocycles. The van der Waals surface area contributed by atoms with Crippen molar-refractivity contribution in [2.75, 3.05) is 20.2 Å². The predicted octanol–water partition coefficient (Wildman–Crippen LogP) is 1.90. The van der Waals surface area contributed by atoms with E-state index in [2.05, 4.69) is 18.0 Å². The van der Waals surface area contributed by atoms with E-state index in [0.717, 1.165) is 36.8 Å². The first-order chi connectivity index (χ1) is 8.02. The molecule has 0 radical (unpaired) electrons. The molecule has 1 heterocycles. The van der Waals surface area contributed by atoms with Crippen LogP contribution in [-0.4, -0.2) is 31.2 Å². The van der Waals surface area contributed by atoms with Gasteiger partial charge in [-0.15, -0.1) is 0 Å². The summed E-state index contributed by atoms with van der Waals surface area (Å²) in [6.07, 6.45) is 0.290. The summed E-state index contributed by atoms with van der Waals surface area (Å²) in [5, 5.41) is 0. The van der Waals surface area contributed by atoms with E-state index in [-0.39, 0.29) is 6.10 Å². The Bertz CT molecular complexity index is 334. The van der Waals surface area contributed by atoms with E-state index >= 15 is 0 Å². The molecule has 4 heteroatoms. The number of likely N-dealkylation sites (N-methyl/N-ethyl adjacent to an activating group) is 1. The van der Waals surface area contributed by atoms with Gasteiger partial charge in [0, 0.05) is 6.54 Å². The number of rotatable bonds is 7. The summed E-state index contributed by atoms with van der Waals surface area (Å²) in [5.74, 6) is 1.85. The maximum Gasteiger partial charge on any atom is 0.120 e. The van der Waals surface area contributed by atoms with Gasteiger partial charge in [0.1, 0.15) is 11.5 Å². The summed E-state index contributed by atoms with van der Waals surface area (Å²) in [6.45, 7) is 9.02. The highest BCUT2D eigenvalue weighted by atomic mass is 16.5. The van der Waals surface area contributed by atoms with E-state index in [9.17, 15) is 0 Å². The van der Waals surface area contributed by atoms with E-state index in [1.807, 2.05) is 20.8 Å². The molecule has 17 heavy (non-hydrogen) atoms. The van der Waals surface area contributed by atoms with Gasteiger partial charge in [0.2, 0.25) is 0 Å². The van der Waals surface area contributed by atoms with Crippen LogP contribution in [0.2, 0.25) is 0 Å². The summed E-state index contributed by atoms with van der Waals surface area (Å²) in [7, 11) is 2.06. The third kappa shape index (κ3) is 4.89. The largest absolute Gasteiger partial charge is 0.463 e. The number of furan rings is 1. The summed E-state index contributed by atoms with van der Waals surface area (Å²) >= 11 is 0. The van der Waals surface area contributed by atoms with Crippen LogP contribution in [0.25, 0.3) is 0 Å². The zero-order valence-corrected chi connectivity index (χ0v) is 11.3. The Labute approximate surface area is 104 Å². The van der Waals surface area contributed by atoms with Crippen molar-refractivity contribution in [3.8, 4) is 0 Å². The molecule has 0 atom stereocenters. The average molecular weight is 240 g/mol. The van der Waals surface area contributed by atoms with Gasteiger partial charge in [-0.1, -0.05) is 0 Å². The Morgan fingerprint density at radius 3 is 2.71 bits per heavy atom. The number of nitrogens with zero attached hydrogens (tertiary/aromatic N) is 1. The molecule has 0 saturated carbocycles. The van der Waals surface area contributed by atoms with E-state index in [4.69, 9.17) is 14.9 Å². The molecule has 1 aromatic rings. The Morgan fingerprint density at radius 2 is 2.18 bits per heavy atom. The van der Waals surface area contributed by atoms with Crippen LogP contribution < -0.4 is 5.73 Å². The molecule has 0 aromatic carbocycles. The van der Waals surface area contributed by atoms with E-state index in [0.29, 0.717) is 6.54 Å². The van der Waals surface area contributed by atoms with Crippen LogP contribution >= 0.6 is 0 Å². The number of hydrogen-bond acceptors (Lipinski definition) is 4. The van der Waals surface area contributed by atoms with E-state index in [1.54, 1.807) is 0 Å². The lowest BCUT2D eigenvalue weighted by atomic mass is 10.2. The van der Waals surface area contributed by atoms with Crippen molar-refractivity contribution >= 4 is 0 Å². The van der Waals surface area contributed by atoms with Crippen molar-refractivity contribution in [1.29, 1.82) is 0 Å². The molecule has 1 aromatic heterocycles. The Kier molecular flexibility index (Phi) is 5.68. The molecular formula is C13H24N2O2. The maximum absolute atomic E-state index is 5.65. The lowest BCUT2D eigenvalue weighted by Crippen LogP contribution is -2.23. The normalized spacial score (nSPS) is 11.7. The van der Waals surface area contributed by atoms with Crippen molar-refractivity contribution in [2.24, 2.45) is 5.73 Å². The zero-order valence-electron chi connectivity index (χ0n) is 11.3.